The minimum Gasteiger partial charge on any atom is -0.378 e. The first-order valence-electron chi connectivity index (χ1n) is 5.40. The van der Waals surface area contributed by atoms with Crippen LogP contribution in [0.4, 0.5) is 0 Å². The zero-order valence-corrected chi connectivity index (χ0v) is 8.98. The highest BCUT2D eigenvalue weighted by atomic mass is 16.5. The van der Waals surface area contributed by atoms with Crippen molar-refractivity contribution in [1.29, 1.82) is 0 Å². The van der Waals surface area contributed by atoms with E-state index in [4.69, 9.17) is 4.74 Å². The first-order valence-corrected chi connectivity index (χ1v) is 5.40. The van der Waals surface area contributed by atoms with Crippen molar-refractivity contribution in [1.82, 2.24) is 4.90 Å². The molecule has 2 rings (SSSR count). The molecule has 15 heavy (non-hydrogen) atoms. The molecular formula is C13H17NO. The van der Waals surface area contributed by atoms with E-state index in [0.717, 1.165) is 32.7 Å². The summed E-state index contributed by atoms with van der Waals surface area (Å²) in [6.07, 6.45) is 0.945. The largest absolute Gasteiger partial charge is 0.378 e. The van der Waals surface area contributed by atoms with Gasteiger partial charge in [0.25, 0.3) is 0 Å². The van der Waals surface area contributed by atoms with E-state index in [2.05, 4.69) is 35.7 Å². The number of hydrogen-bond acceptors (Lipinski definition) is 2. The molecule has 0 radical (unpaired) electrons. The van der Waals surface area contributed by atoms with Crippen LogP contribution in [-0.4, -0.2) is 31.2 Å². The minimum atomic E-state index is 0.827. The number of nitrogens with zero attached hydrogens (tertiary/aromatic N) is 1. The summed E-state index contributed by atoms with van der Waals surface area (Å²) in [5, 5.41) is 0. The maximum Gasteiger partial charge on any atom is 0.0642 e. The average Bonchev–Trinajstić information content (AvgIpc) is 2.31. The molecule has 0 spiro atoms. The third-order valence-corrected chi connectivity index (χ3v) is 2.71. The quantitative estimate of drug-likeness (QED) is 0.745. The number of allylic oxidation sites excluding steroid dienone is 1. The number of ether oxygens (including phenoxy) is 1. The van der Waals surface area contributed by atoms with Crippen LogP contribution in [0.5, 0.6) is 0 Å². The molecule has 0 atom stereocenters. The number of benzene rings is 1. The van der Waals surface area contributed by atoms with Crippen molar-refractivity contribution in [3.05, 3.63) is 48.2 Å². The van der Waals surface area contributed by atoms with Crippen LogP contribution in [0.15, 0.2) is 42.6 Å². The molecule has 0 aliphatic carbocycles. The average molecular weight is 203 g/mol. The maximum absolute atomic E-state index is 5.32. The molecule has 0 aromatic heterocycles. The second-order valence-electron chi connectivity index (χ2n) is 3.83. The van der Waals surface area contributed by atoms with Crippen LogP contribution in [0.2, 0.25) is 0 Å². The van der Waals surface area contributed by atoms with Gasteiger partial charge >= 0.3 is 0 Å². The first kappa shape index (κ1) is 10.2. The topological polar surface area (TPSA) is 12.5 Å². The summed E-state index contributed by atoms with van der Waals surface area (Å²) in [6.45, 7) is 7.75. The van der Waals surface area contributed by atoms with Crippen LogP contribution in [0.3, 0.4) is 0 Å². The van der Waals surface area contributed by atoms with Crippen molar-refractivity contribution in [2.24, 2.45) is 0 Å². The molecule has 1 aliphatic rings. The third-order valence-electron chi connectivity index (χ3n) is 2.71. The summed E-state index contributed by atoms with van der Waals surface area (Å²) in [5.74, 6) is 0. The molecule has 0 amide bonds. The predicted octanol–water partition coefficient (Wildman–Crippen LogP) is 2.07. The first-order chi connectivity index (χ1) is 7.36. The van der Waals surface area contributed by atoms with Crippen molar-refractivity contribution in [3.8, 4) is 0 Å². The molecule has 0 unspecified atom stereocenters. The summed E-state index contributed by atoms with van der Waals surface area (Å²) in [7, 11) is 0. The molecule has 0 bridgehead atoms. The summed E-state index contributed by atoms with van der Waals surface area (Å²) in [6, 6.07) is 10.5. The lowest BCUT2D eigenvalue weighted by atomic mass is 10.1. The Kier molecular flexibility index (Phi) is 3.41. The molecule has 1 aliphatic heterocycles. The smallest absolute Gasteiger partial charge is 0.0642 e. The van der Waals surface area contributed by atoms with Crippen LogP contribution < -0.4 is 0 Å². The predicted molar refractivity (Wildman–Crippen MR) is 61.7 cm³/mol. The summed E-state index contributed by atoms with van der Waals surface area (Å²) >= 11 is 0. The lowest BCUT2D eigenvalue weighted by molar-refractivity contribution is 0.0529. The van der Waals surface area contributed by atoms with Gasteiger partial charge in [0.1, 0.15) is 0 Å². The summed E-state index contributed by atoms with van der Waals surface area (Å²) < 4.78 is 5.32. The van der Waals surface area contributed by atoms with Gasteiger partial charge in [-0.3, -0.25) is 0 Å². The van der Waals surface area contributed by atoms with Crippen molar-refractivity contribution in [3.63, 3.8) is 0 Å². The zero-order chi connectivity index (χ0) is 10.5. The third kappa shape index (κ3) is 2.83. The van der Waals surface area contributed by atoms with Crippen LogP contribution in [0.25, 0.3) is 0 Å². The van der Waals surface area contributed by atoms with Crippen LogP contribution in [0, 0.1) is 0 Å². The van der Waals surface area contributed by atoms with E-state index in [9.17, 15) is 0 Å². The Morgan fingerprint density at radius 3 is 2.53 bits per heavy atom. The van der Waals surface area contributed by atoms with Crippen LogP contribution >= 0.6 is 0 Å². The maximum atomic E-state index is 5.32. The number of hydrogen-bond donors (Lipinski definition) is 0. The molecule has 1 heterocycles. The number of rotatable bonds is 3. The monoisotopic (exact) mass is 203 g/mol. The Bertz CT molecular complexity index is 315. The molecule has 1 aromatic carbocycles. The summed E-state index contributed by atoms with van der Waals surface area (Å²) in [4.78, 5) is 2.32. The van der Waals surface area contributed by atoms with Crippen molar-refractivity contribution in [2.45, 2.75) is 6.42 Å². The Labute approximate surface area is 91.2 Å². The van der Waals surface area contributed by atoms with Gasteiger partial charge in [-0.1, -0.05) is 36.9 Å². The highest BCUT2D eigenvalue weighted by molar-refractivity contribution is 5.20. The fourth-order valence-electron chi connectivity index (χ4n) is 1.82. The summed E-state index contributed by atoms with van der Waals surface area (Å²) in [5.41, 5.74) is 2.53. The minimum absolute atomic E-state index is 0.827. The van der Waals surface area contributed by atoms with E-state index in [-0.39, 0.29) is 0 Å². The van der Waals surface area contributed by atoms with Crippen LogP contribution in [-0.2, 0) is 11.2 Å². The highest BCUT2D eigenvalue weighted by Crippen LogP contribution is 2.12. The van der Waals surface area contributed by atoms with Gasteiger partial charge in [0.15, 0.2) is 0 Å². The Morgan fingerprint density at radius 1 is 1.20 bits per heavy atom. The van der Waals surface area contributed by atoms with E-state index < -0.39 is 0 Å². The Hall–Kier alpha value is -1.28. The van der Waals surface area contributed by atoms with E-state index in [1.54, 1.807) is 0 Å². The van der Waals surface area contributed by atoms with Gasteiger partial charge in [-0.05, 0) is 5.56 Å². The van der Waals surface area contributed by atoms with Gasteiger partial charge in [0, 0.05) is 25.2 Å². The number of morpholine rings is 1. The Morgan fingerprint density at radius 2 is 1.87 bits per heavy atom. The van der Waals surface area contributed by atoms with Crippen LogP contribution in [0.1, 0.15) is 5.56 Å². The molecule has 1 fully saturated rings. The van der Waals surface area contributed by atoms with Crippen molar-refractivity contribution >= 4 is 0 Å². The van der Waals surface area contributed by atoms with Gasteiger partial charge in [-0.15, -0.1) is 0 Å². The van der Waals surface area contributed by atoms with Gasteiger partial charge in [-0.25, -0.2) is 0 Å². The van der Waals surface area contributed by atoms with Gasteiger partial charge in [0.2, 0.25) is 0 Å². The normalized spacial score (nSPS) is 16.4. The second-order valence-corrected chi connectivity index (χ2v) is 3.83. The highest BCUT2D eigenvalue weighted by Gasteiger charge is 2.11. The van der Waals surface area contributed by atoms with E-state index in [1.807, 2.05) is 6.07 Å². The molecule has 0 saturated carbocycles. The molecule has 2 nitrogen and oxygen atoms in total. The molecule has 80 valence electrons. The molecule has 1 saturated heterocycles. The van der Waals surface area contributed by atoms with E-state index >= 15 is 0 Å². The lowest BCUT2D eigenvalue weighted by Crippen LogP contribution is -2.35. The van der Waals surface area contributed by atoms with E-state index in [0.29, 0.717) is 0 Å². The lowest BCUT2D eigenvalue weighted by Gasteiger charge is -2.30. The standard InChI is InChI=1S/C13H17NO/c1-12(14-7-9-15-10-8-14)11-13-5-3-2-4-6-13/h2-6H,1,7-11H2. The van der Waals surface area contributed by atoms with Gasteiger partial charge in [0.05, 0.1) is 13.2 Å². The fraction of sp³-hybridized carbons (Fsp3) is 0.385. The van der Waals surface area contributed by atoms with Gasteiger partial charge in [-0.2, -0.15) is 0 Å². The second kappa shape index (κ2) is 4.99. The fourth-order valence-corrected chi connectivity index (χ4v) is 1.82. The molecule has 2 heteroatoms. The van der Waals surface area contributed by atoms with Gasteiger partial charge < -0.3 is 9.64 Å². The SMILES string of the molecule is C=C(Cc1ccccc1)N1CCOCC1. The Balaban J connectivity index is 1.91. The zero-order valence-electron chi connectivity index (χ0n) is 8.98. The van der Waals surface area contributed by atoms with Crippen molar-refractivity contribution < 1.29 is 4.74 Å². The molecule has 1 aromatic rings. The van der Waals surface area contributed by atoms with E-state index in [1.165, 1.54) is 11.3 Å². The molecule has 0 N–H and O–H groups in total. The van der Waals surface area contributed by atoms with Crippen molar-refractivity contribution in [2.75, 3.05) is 26.3 Å². The molecular weight excluding hydrogens is 186 g/mol.